The van der Waals surface area contributed by atoms with Crippen LogP contribution in [-0.2, 0) is 14.3 Å². The van der Waals surface area contributed by atoms with E-state index in [2.05, 4.69) is 5.32 Å². The largest absolute Gasteiger partial charge is 0.468 e. The van der Waals surface area contributed by atoms with E-state index in [1.54, 1.807) is 18.2 Å². The Hall–Kier alpha value is -1.55. The molecule has 1 atom stereocenters. The fourth-order valence-corrected chi connectivity index (χ4v) is 3.41. The summed E-state index contributed by atoms with van der Waals surface area (Å²) < 4.78 is 4.89. The van der Waals surface area contributed by atoms with Gasteiger partial charge in [-0.3, -0.25) is 9.59 Å². The second kappa shape index (κ2) is 8.34. The van der Waals surface area contributed by atoms with Crippen LogP contribution in [0.15, 0.2) is 18.2 Å². The molecule has 1 aliphatic carbocycles. The fourth-order valence-electron chi connectivity index (χ4n) is 3.24. The molecule has 0 heterocycles. The van der Waals surface area contributed by atoms with Gasteiger partial charge in [0.05, 0.1) is 7.11 Å². The van der Waals surface area contributed by atoms with Gasteiger partial charge in [0.25, 0.3) is 0 Å². The molecule has 1 N–H and O–H groups in total. The Balaban J connectivity index is 2.19. The molecule has 0 radical (unpaired) electrons. The molecule has 1 aromatic carbocycles. The zero-order valence-corrected chi connectivity index (χ0v) is 14.5. The number of benzene rings is 1. The van der Waals surface area contributed by atoms with Crippen molar-refractivity contribution in [3.63, 3.8) is 0 Å². The van der Waals surface area contributed by atoms with Crippen molar-refractivity contribution in [1.29, 1.82) is 0 Å². The number of methoxy groups -OCH3 is 1. The van der Waals surface area contributed by atoms with E-state index in [0.29, 0.717) is 10.7 Å². The van der Waals surface area contributed by atoms with Crippen molar-refractivity contribution < 1.29 is 14.3 Å². The number of anilines is 1. The summed E-state index contributed by atoms with van der Waals surface area (Å²) in [5, 5.41) is 3.45. The third-order valence-corrected chi connectivity index (χ3v) is 5.04. The summed E-state index contributed by atoms with van der Waals surface area (Å²) in [7, 11) is 1.34. The third-order valence-electron chi connectivity index (χ3n) is 4.63. The van der Waals surface area contributed by atoms with Gasteiger partial charge >= 0.3 is 5.97 Å². The van der Waals surface area contributed by atoms with Crippen molar-refractivity contribution >= 4 is 29.2 Å². The standard InChI is InChI=1S/C18H24ClNO3/c1-12-14(19)10-7-11-15(12)20-17(21)16(18(22)23-2)13-8-5-3-4-6-9-13/h7,10-11,13,16H,3-6,8-9H2,1-2H3,(H,20,21)/t16-/m1/s1. The molecule has 1 aliphatic rings. The topological polar surface area (TPSA) is 55.4 Å². The van der Waals surface area contributed by atoms with Gasteiger partial charge in [-0.2, -0.15) is 0 Å². The number of hydrogen-bond donors (Lipinski definition) is 1. The van der Waals surface area contributed by atoms with Crippen LogP contribution < -0.4 is 5.32 Å². The molecule has 0 aromatic heterocycles. The smallest absolute Gasteiger partial charge is 0.318 e. The molecule has 5 heteroatoms. The molecule has 0 unspecified atom stereocenters. The molecule has 1 saturated carbocycles. The van der Waals surface area contributed by atoms with Gasteiger partial charge < -0.3 is 10.1 Å². The Morgan fingerprint density at radius 2 is 1.87 bits per heavy atom. The molecule has 23 heavy (non-hydrogen) atoms. The van der Waals surface area contributed by atoms with E-state index in [4.69, 9.17) is 16.3 Å². The molecule has 126 valence electrons. The van der Waals surface area contributed by atoms with E-state index in [-0.39, 0.29) is 11.8 Å². The molecule has 2 rings (SSSR count). The lowest BCUT2D eigenvalue weighted by Gasteiger charge is -2.23. The van der Waals surface area contributed by atoms with E-state index >= 15 is 0 Å². The van der Waals surface area contributed by atoms with Gasteiger partial charge in [0.15, 0.2) is 0 Å². The predicted octanol–water partition coefficient (Wildman–Crippen LogP) is 4.35. The van der Waals surface area contributed by atoms with Crippen molar-refractivity contribution in [1.82, 2.24) is 0 Å². The van der Waals surface area contributed by atoms with Crippen molar-refractivity contribution in [3.05, 3.63) is 28.8 Å². The van der Waals surface area contributed by atoms with Crippen LogP contribution in [0.1, 0.15) is 44.1 Å². The first-order valence-corrected chi connectivity index (χ1v) is 8.56. The Morgan fingerprint density at radius 1 is 1.22 bits per heavy atom. The number of nitrogens with one attached hydrogen (secondary N) is 1. The highest BCUT2D eigenvalue weighted by Gasteiger charge is 2.36. The van der Waals surface area contributed by atoms with E-state index in [1.807, 2.05) is 6.92 Å². The van der Waals surface area contributed by atoms with Gasteiger partial charge in [0, 0.05) is 10.7 Å². The van der Waals surface area contributed by atoms with Gasteiger partial charge in [0.2, 0.25) is 5.91 Å². The number of amides is 1. The van der Waals surface area contributed by atoms with E-state index in [0.717, 1.165) is 31.2 Å². The number of carbonyl (C=O) groups excluding carboxylic acids is 2. The zero-order valence-electron chi connectivity index (χ0n) is 13.7. The van der Waals surface area contributed by atoms with Gasteiger partial charge in [-0.05, 0) is 43.4 Å². The number of hydrogen-bond acceptors (Lipinski definition) is 3. The summed E-state index contributed by atoms with van der Waals surface area (Å²) in [5.74, 6) is -1.45. The molecular weight excluding hydrogens is 314 g/mol. The molecule has 0 bridgehead atoms. The molecule has 4 nitrogen and oxygen atoms in total. The highest BCUT2D eigenvalue weighted by Crippen LogP contribution is 2.31. The van der Waals surface area contributed by atoms with Gasteiger partial charge in [0.1, 0.15) is 5.92 Å². The number of esters is 1. The maximum absolute atomic E-state index is 12.7. The molecular formula is C18H24ClNO3. The summed E-state index contributed by atoms with van der Waals surface area (Å²) in [6, 6.07) is 5.35. The van der Waals surface area contributed by atoms with Crippen molar-refractivity contribution in [3.8, 4) is 0 Å². The zero-order chi connectivity index (χ0) is 16.8. The van der Waals surface area contributed by atoms with E-state index in [9.17, 15) is 9.59 Å². The van der Waals surface area contributed by atoms with Crippen LogP contribution in [0.4, 0.5) is 5.69 Å². The summed E-state index contributed by atoms with van der Waals surface area (Å²) in [5.41, 5.74) is 1.44. The average molecular weight is 338 g/mol. The lowest BCUT2D eigenvalue weighted by atomic mass is 9.85. The second-order valence-corrected chi connectivity index (χ2v) is 6.56. The van der Waals surface area contributed by atoms with Crippen LogP contribution in [0.5, 0.6) is 0 Å². The van der Waals surface area contributed by atoms with Crippen molar-refractivity contribution in [2.24, 2.45) is 11.8 Å². The molecule has 1 fully saturated rings. The summed E-state index contributed by atoms with van der Waals surface area (Å²) in [4.78, 5) is 24.9. The van der Waals surface area contributed by atoms with Crippen LogP contribution >= 0.6 is 11.6 Å². The van der Waals surface area contributed by atoms with Crippen LogP contribution in [0.3, 0.4) is 0 Å². The SMILES string of the molecule is COC(=O)[C@@H](C(=O)Nc1cccc(Cl)c1C)C1CCCCCC1. The minimum absolute atomic E-state index is 0.0458. The van der Waals surface area contributed by atoms with Gasteiger partial charge in [-0.25, -0.2) is 0 Å². The quantitative estimate of drug-likeness (QED) is 0.505. The van der Waals surface area contributed by atoms with E-state index < -0.39 is 11.9 Å². The lowest BCUT2D eigenvalue weighted by molar-refractivity contribution is -0.151. The minimum Gasteiger partial charge on any atom is -0.468 e. The molecule has 0 aliphatic heterocycles. The normalized spacial score (nSPS) is 17.2. The Labute approximate surface area is 142 Å². The lowest BCUT2D eigenvalue weighted by Crippen LogP contribution is -2.36. The number of halogens is 1. The molecule has 1 aromatic rings. The number of ether oxygens (including phenoxy) is 1. The summed E-state index contributed by atoms with van der Waals surface area (Å²) in [6.07, 6.45) is 6.23. The maximum atomic E-state index is 12.7. The Morgan fingerprint density at radius 3 is 2.48 bits per heavy atom. The highest BCUT2D eigenvalue weighted by molar-refractivity contribution is 6.31. The van der Waals surface area contributed by atoms with Crippen LogP contribution in [0.2, 0.25) is 5.02 Å². The van der Waals surface area contributed by atoms with Crippen LogP contribution in [0, 0.1) is 18.8 Å². The Kier molecular flexibility index (Phi) is 6.46. The van der Waals surface area contributed by atoms with Crippen molar-refractivity contribution in [2.45, 2.75) is 45.4 Å². The Bertz CT molecular complexity index is 565. The van der Waals surface area contributed by atoms with Crippen LogP contribution in [-0.4, -0.2) is 19.0 Å². The average Bonchev–Trinajstić information content (AvgIpc) is 2.81. The fraction of sp³-hybridized carbons (Fsp3) is 0.556. The van der Waals surface area contributed by atoms with E-state index in [1.165, 1.54) is 20.0 Å². The third kappa shape index (κ3) is 4.47. The molecule has 0 saturated heterocycles. The minimum atomic E-state index is -0.753. The van der Waals surface area contributed by atoms with Crippen LogP contribution in [0.25, 0.3) is 0 Å². The highest BCUT2D eigenvalue weighted by atomic mass is 35.5. The monoisotopic (exact) mass is 337 g/mol. The summed E-state index contributed by atoms with van der Waals surface area (Å²) >= 11 is 6.09. The first-order valence-electron chi connectivity index (χ1n) is 8.18. The summed E-state index contributed by atoms with van der Waals surface area (Å²) in [6.45, 7) is 1.84. The first kappa shape index (κ1) is 17.8. The first-order chi connectivity index (χ1) is 11.0. The maximum Gasteiger partial charge on any atom is 0.318 e. The number of carbonyl (C=O) groups is 2. The van der Waals surface area contributed by atoms with Gasteiger partial charge in [-0.15, -0.1) is 0 Å². The van der Waals surface area contributed by atoms with Crippen molar-refractivity contribution in [2.75, 3.05) is 12.4 Å². The molecule has 0 spiro atoms. The van der Waals surface area contributed by atoms with Gasteiger partial charge in [-0.1, -0.05) is 43.4 Å². The molecule has 1 amide bonds. The second-order valence-electron chi connectivity index (χ2n) is 6.15. The predicted molar refractivity (Wildman–Crippen MR) is 91.5 cm³/mol. The number of rotatable bonds is 4.